The second-order valence-electron chi connectivity index (χ2n) is 6.46. The Bertz CT molecular complexity index is 1130. The molecule has 5 nitrogen and oxygen atoms in total. The number of thiazole rings is 1. The van der Waals surface area contributed by atoms with Crippen molar-refractivity contribution in [2.45, 2.75) is 19.1 Å². The molecule has 4 rings (SSSR count). The molecule has 148 valence electrons. The molecule has 0 unspecified atom stereocenters. The molecule has 0 radical (unpaired) electrons. The third-order valence-electron chi connectivity index (χ3n) is 4.46. The van der Waals surface area contributed by atoms with Crippen molar-refractivity contribution in [3.05, 3.63) is 53.6 Å². The highest BCUT2D eigenvalue weighted by Crippen LogP contribution is 2.34. The first-order valence-corrected chi connectivity index (χ1v) is 11.0. The summed E-state index contributed by atoms with van der Waals surface area (Å²) in [4.78, 5) is 4.23. The van der Waals surface area contributed by atoms with Gasteiger partial charge in [-0.2, -0.15) is 13.2 Å². The summed E-state index contributed by atoms with van der Waals surface area (Å²) in [6.07, 6.45) is -3.79. The molecular weight excluding hydrogens is 411 g/mol. The summed E-state index contributed by atoms with van der Waals surface area (Å²) in [5, 5.41) is 3.61. The Morgan fingerprint density at radius 2 is 2.00 bits per heavy atom. The zero-order valence-electron chi connectivity index (χ0n) is 14.5. The van der Waals surface area contributed by atoms with Crippen molar-refractivity contribution in [3.63, 3.8) is 0 Å². The van der Waals surface area contributed by atoms with E-state index >= 15 is 0 Å². The Labute approximate surface area is 163 Å². The molecule has 1 fully saturated rings. The number of aromatic nitrogens is 1. The molecule has 0 atom stereocenters. The Kier molecular flexibility index (Phi) is 4.70. The minimum Gasteiger partial charge on any atom is -0.357 e. The summed E-state index contributed by atoms with van der Waals surface area (Å²) in [5.41, 5.74) is 1.04. The predicted octanol–water partition coefficient (Wildman–Crippen LogP) is 4.47. The molecule has 2 heterocycles. The molecule has 0 bridgehead atoms. The molecule has 2 aromatic carbocycles. The maximum Gasteiger partial charge on any atom is 0.416 e. The molecular formula is C18H16F3N3O2S2. The van der Waals surface area contributed by atoms with Crippen molar-refractivity contribution in [1.29, 1.82) is 0 Å². The summed E-state index contributed by atoms with van der Waals surface area (Å²) >= 11 is 1.27. The van der Waals surface area contributed by atoms with E-state index in [1.165, 1.54) is 21.7 Å². The highest BCUT2D eigenvalue weighted by Gasteiger charge is 2.31. The van der Waals surface area contributed by atoms with Gasteiger partial charge in [-0.15, -0.1) is 0 Å². The molecule has 28 heavy (non-hydrogen) atoms. The van der Waals surface area contributed by atoms with Gasteiger partial charge in [0.1, 0.15) is 0 Å². The van der Waals surface area contributed by atoms with Crippen LogP contribution in [0.25, 0.3) is 10.2 Å². The van der Waals surface area contributed by atoms with E-state index in [4.69, 9.17) is 0 Å². The van der Waals surface area contributed by atoms with E-state index in [2.05, 4.69) is 10.3 Å². The second kappa shape index (κ2) is 6.93. The first-order chi connectivity index (χ1) is 13.2. The van der Waals surface area contributed by atoms with Crippen molar-refractivity contribution < 1.29 is 21.6 Å². The first-order valence-electron chi connectivity index (χ1n) is 8.53. The average Bonchev–Trinajstić information content (AvgIpc) is 3.20. The number of fused-ring (bicyclic) bond motifs is 1. The van der Waals surface area contributed by atoms with E-state index in [9.17, 15) is 21.6 Å². The van der Waals surface area contributed by atoms with Gasteiger partial charge in [0.05, 0.1) is 27.2 Å². The van der Waals surface area contributed by atoms with Gasteiger partial charge in [0, 0.05) is 13.1 Å². The van der Waals surface area contributed by atoms with Gasteiger partial charge in [0.15, 0.2) is 5.13 Å². The summed E-state index contributed by atoms with van der Waals surface area (Å²) in [5.74, 6) is 0.154. The number of halogens is 3. The van der Waals surface area contributed by atoms with Crippen LogP contribution in [0.5, 0.6) is 0 Å². The van der Waals surface area contributed by atoms with E-state index in [1.54, 1.807) is 18.2 Å². The molecule has 0 saturated carbocycles. The number of hydrogen-bond acceptors (Lipinski definition) is 5. The molecule has 1 aromatic heterocycles. The maximum absolute atomic E-state index is 12.8. The zero-order chi connectivity index (χ0) is 19.9. The normalized spacial score (nSPS) is 16.6. The highest BCUT2D eigenvalue weighted by atomic mass is 32.2. The van der Waals surface area contributed by atoms with Crippen LogP contribution in [-0.2, 0) is 22.7 Å². The Hall–Kier alpha value is -2.33. The molecule has 10 heteroatoms. The van der Waals surface area contributed by atoms with Crippen molar-refractivity contribution in [2.75, 3.05) is 21.9 Å². The average molecular weight is 427 g/mol. The Morgan fingerprint density at radius 3 is 2.71 bits per heavy atom. The van der Waals surface area contributed by atoms with Gasteiger partial charge in [-0.25, -0.2) is 13.4 Å². The number of nitrogens with one attached hydrogen (secondary N) is 1. The van der Waals surface area contributed by atoms with Gasteiger partial charge in [0.25, 0.3) is 0 Å². The summed E-state index contributed by atoms with van der Waals surface area (Å²) in [6.45, 7) is 0.853. The fourth-order valence-corrected chi connectivity index (χ4v) is 5.51. The number of rotatable bonds is 4. The lowest BCUT2D eigenvalue weighted by molar-refractivity contribution is -0.137. The predicted molar refractivity (Wildman–Crippen MR) is 104 cm³/mol. The number of hydrogen-bond donors (Lipinski definition) is 1. The van der Waals surface area contributed by atoms with Crippen LogP contribution >= 0.6 is 11.3 Å². The third kappa shape index (κ3) is 3.79. The number of sulfonamides is 1. The van der Waals surface area contributed by atoms with E-state index in [0.29, 0.717) is 40.5 Å². The van der Waals surface area contributed by atoms with Crippen LogP contribution < -0.4 is 9.62 Å². The van der Waals surface area contributed by atoms with Crippen LogP contribution in [0.15, 0.2) is 42.5 Å². The van der Waals surface area contributed by atoms with Crippen LogP contribution in [-0.4, -0.2) is 25.7 Å². The number of nitrogens with zero attached hydrogens (tertiary/aromatic N) is 2. The van der Waals surface area contributed by atoms with E-state index in [1.807, 2.05) is 6.07 Å². The van der Waals surface area contributed by atoms with Gasteiger partial charge >= 0.3 is 6.18 Å². The molecule has 0 spiro atoms. The van der Waals surface area contributed by atoms with Gasteiger partial charge in [-0.3, -0.25) is 4.31 Å². The number of anilines is 2. The van der Waals surface area contributed by atoms with Crippen molar-refractivity contribution in [3.8, 4) is 0 Å². The maximum atomic E-state index is 12.8. The lowest BCUT2D eigenvalue weighted by atomic mass is 10.2. The van der Waals surface area contributed by atoms with Crippen LogP contribution in [0.2, 0.25) is 0 Å². The van der Waals surface area contributed by atoms with Gasteiger partial charge in [-0.1, -0.05) is 23.5 Å². The second-order valence-corrected chi connectivity index (χ2v) is 9.51. The van der Waals surface area contributed by atoms with Crippen LogP contribution in [0.4, 0.5) is 24.0 Å². The third-order valence-corrected chi connectivity index (χ3v) is 7.32. The van der Waals surface area contributed by atoms with Gasteiger partial charge in [-0.05, 0) is 42.3 Å². The monoisotopic (exact) mass is 427 g/mol. The van der Waals surface area contributed by atoms with Crippen LogP contribution in [0.3, 0.4) is 0 Å². The summed E-state index contributed by atoms with van der Waals surface area (Å²) in [6, 6.07) is 10.7. The number of benzene rings is 2. The molecule has 0 aliphatic carbocycles. The number of alkyl halides is 3. The molecule has 1 saturated heterocycles. The van der Waals surface area contributed by atoms with Crippen LogP contribution in [0.1, 0.15) is 17.5 Å². The minimum absolute atomic E-state index is 0.154. The van der Waals surface area contributed by atoms with Crippen LogP contribution in [0, 0.1) is 0 Å². The molecule has 1 N–H and O–H groups in total. The van der Waals surface area contributed by atoms with Gasteiger partial charge < -0.3 is 5.32 Å². The Morgan fingerprint density at radius 1 is 1.18 bits per heavy atom. The summed E-state index contributed by atoms with van der Waals surface area (Å²) in [7, 11) is -3.25. The summed E-state index contributed by atoms with van der Waals surface area (Å²) < 4.78 is 64.7. The smallest absolute Gasteiger partial charge is 0.357 e. The van der Waals surface area contributed by atoms with E-state index in [0.717, 1.165) is 17.7 Å². The van der Waals surface area contributed by atoms with Gasteiger partial charge in [0.2, 0.25) is 10.0 Å². The molecule has 0 amide bonds. The minimum atomic E-state index is -4.40. The fraction of sp³-hybridized carbons (Fsp3) is 0.278. The first kappa shape index (κ1) is 19.0. The quantitative estimate of drug-likeness (QED) is 0.668. The topological polar surface area (TPSA) is 62.3 Å². The lowest BCUT2D eigenvalue weighted by Crippen LogP contribution is -2.25. The Balaban J connectivity index is 1.51. The molecule has 1 aliphatic heterocycles. The standard InChI is InChI=1S/C18H16F3N3O2S2/c19-18(20,21)13-5-6-16-15(10-13)23-17(27-16)22-11-12-3-1-4-14(9-12)24-7-2-8-28(24,25)26/h1,3-6,9-10H,2,7-8,11H2,(H,22,23). The fourth-order valence-electron chi connectivity index (χ4n) is 3.11. The van der Waals surface area contributed by atoms with E-state index in [-0.39, 0.29) is 5.75 Å². The zero-order valence-corrected chi connectivity index (χ0v) is 16.2. The van der Waals surface area contributed by atoms with E-state index < -0.39 is 21.8 Å². The van der Waals surface area contributed by atoms with Crippen molar-refractivity contribution in [1.82, 2.24) is 4.98 Å². The largest absolute Gasteiger partial charge is 0.416 e. The van der Waals surface area contributed by atoms with Crippen molar-refractivity contribution >= 4 is 42.4 Å². The molecule has 1 aliphatic rings. The SMILES string of the molecule is O=S1(=O)CCCN1c1cccc(CNc2nc3cc(C(F)(F)F)ccc3s2)c1. The lowest BCUT2D eigenvalue weighted by Gasteiger charge is -2.17. The van der Waals surface area contributed by atoms with Crippen molar-refractivity contribution in [2.24, 2.45) is 0 Å². The molecule has 3 aromatic rings. The highest BCUT2D eigenvalue weighted by molar-refractivity contribution is 7.93.